The molecule has 0 amide bonds. The Balaban J connectivity index is -0.0000000406. The monoisotopic (exact) mass is 249 g/mol. The van der Waals surface area contributed by atoms with E-state index in [1.807, 2.05) is 0 Å². The molecule has 0 saturated heterocycles. The summed E-state index contributed by atoms with van der Waals surface area (Å²) in [6.07, 6.45) is 9.50. The summed E-state index contributed by atoms with van der Waals surface area (Å²) in [5.74, 6) is 0. The molecule has 4 heteroatoms. The van der Waals surface area contributed by atoms with Crippen LogP contribution in [0.5, 0.6) is 0 Å². The third kappa shape index (κ3) is 31.8. The number of rotatable bonds is 0. The molecule has 6 N–H and O–H groups in total. The molecule has 0 aliphatic heterocycles. The molecule has 1 rings (SSSR count). The fraction of sp³-hybridized carbons (Fsp3) is 0.500. The Morgan fingerprint density at radius 1 is 0.750 bits per heavy atom. The third-order valence-corrected chi connectivity index (χ3v) is 0.655. The van der Waals surface area contributed by atoms with Gasteiger partial charge in [-0.15, -0.1) is 0 Å². The van der Waals surface area contributed by atoms with Crippen molar-refractivity contribution in [2.45, 2.75) is 6.42 Å². The van der Waals surface area contributed by atoms with E-state index < -0.39 is 0 Å². The average Bonchev–Trinajstić information content (AvgIpc) is 2.71. The normalized spacial score (nSPS) is 8.83. The van der Waals surface area contributed by atoms with Crippen molar-refractivity contribution < 1.29 is 26.2 Å². The van der Waals surface area contributed by atoms with Crippen LogP contribution in [0.3, 0.4) is 0 Å². The van der Waals surface area contributed by atoms with Crippen LogP contribution in [-0.4, -0.2) is 21.1 Å². The molecule has 0 radical (unpaired) electrons. The summed E-state index contributed by atoms with van der Waals surface area (Å²) in [4.78, 5) is 0. The van der Waals surface area contributed by atoms with Crippen molar-refractivity contribution in [3.05, 3.63) is 24.3 Å². The molecule has 0 saturated carbocycles. The Bertz CT molecular complexity index is 72.4. The standard InChI is InChI=1S/C5H6.3CH5N.Zr/c1-2-4-5-3-1;3*1-2;/h1-4H,5H2;3*2H2,1H3;. The van der Waals surface area contributed by atoms with Gasteiger partial charge in [-0.2, -0.15) is 0 Å². The molecule has 0 aromatic heterocycles. The zero-order chi connectivity index (χ0) is 9.54. The average molecular weight is 251 g/mol. The van der Waals surface area contributed by atoms with E-state index in [0.717, 1.165) is 6.42 Å². The van der Waals surface area contributed by atoms with Gasteiger partial charge in [0.25, 0.3) is 0 Å². The fourth-order valence-electron chi connectivity index (χ4n) is 0.393. The van der Waals surface area contributed by atoms with Gasteiger partial charge in [0.05, 0.1) is 0 Å². The maximum Gasteiger partial charge on any atom is 0 e. The van der Waals surface area contributed by atoms with Crippen LogP contribution in [0, 0.1) is 0 Å². The van der Waals surface area contributed by atoms with Crippen LogP contribution < -0.4 is 17.2 Å². The third-order valence-electron chi connectivity index (χ3n) is 0.655. The first-order chi connectivity index (χ1) is 5.50. The SMILES string of the molecule is C1=CCC=C1.CN.CN.CN.[Zr]. The van der Waals surface area contributed by atoms with Crippen LogP contribution in [0.15, 0.2) is 24.3 Å². The molecule has 0 atom stereocenters. The Labute approximate surface area is 95.2 Å². The summed E-state index contributed by atoms with van der Waals surface area (Å²) >= 11 is 0. The molecule has 0 bridgehead atoms. The van der Waals surface area contributed by atoms with Gasteiger partial charge in [-0.05, 0) is 27.6 Å². The topological polar surface area (TPSA) is 78.1 Å². The van der Waals surface area contributed by atoms with E-state index >= 15 is 0 Å². The zero-order valence-corrected chi connectivity index (χ0v) is 10.7. The molecule has 1 aliphatic rings. The van der Waals surface area contributed by atoms with E-state index in [1.54, 1.807) is 0 Å². The van der Waals surface area contributed by atoms with Gasteiger partial charge in [-0.1, -0.05) is 24.3 Å². The summed E-state index contributed by atoms with van der Waals surface area (Å²) in [6, 6.07) is 0. The summed E-state index contributed by atoms with van der Waals surface area (Å²) in [5, 5.41) is 0. The largest absolute Gasteiger partial charge is 0.333 e. The Kier molecular flexibility index (Phi) is 81.4. The van der Waals surface area contributed by atoms with Crippen molar-refractivity contribution in [2.24, 2.45) is 17.2 Å². The van der Waals surface area contributed by atoms with Crippen LogP contribution in [0.2, 0.25) is 0 Å². The van der Waals surface area contributed by atoms with E-state index in [0.29, 0.717) is 0 Å². The second-order valence-corrected chi connectivity index (χ2v) is 1.09. The van der Waals surface area contributed by atoms with Gasteiger partial charge in [0, 0.05) is 26.2 Å². The first-order valence-electron chi connectivity index (χ1n) is 3.55. The van der Waals surface area contributed by atoms with Crippen molar-refractivity contribution in [1.29, 1.82) is 0 Å². The van der Waals surface area contributed by atoms with E-state index in [9.17, 15) is 0 Å². The number of allylic oxidation sites excluding steroid dienone is 4. The molecular weight excluding hydrogens is 229 g/mol. The minimum absolute atomic E-state index is 0. The molecule has 0 aromatic carbocycles. The summed E-state index contributed by atoms with van der Waals surface area (Å²) in [6.45, 7) is 0. The van der Waals surface area contributed by atoms with Crippen molar-refractivity contribution in [1.82, 2.24) is 0 Å². The fourth-order valence-corrected chi connectivity index (χ4v) is 0.393. The first-order valence-corrected chi connectivity index (χ1v) is 3.55. The van der Waals surface area contributed by atoms with Crippen molar-refractivity contribution in [3.8, 4) is 0 Å². The van der Waals surface area contributed by atoms with Gasteiger partial charge < -0.3 is 17.2 Å². The predicted octanol–water partition coefficient (Wildman–Crippen LogP) is 0.225. The van der Waals surface area contributed by atoms with E-state index in [4.69, 9.17) is 0 Å². The molecule has 0 aromatic rings. The van der Waals surface area contributed by atoms with Gasteiger partial charge in [0.2, 0.25) is 0 Å². The minimum atomic E-state index is 0. The van der Waals surface area contributed by atoms with Crippen LogP contribution in [-0.2, 0) is 26.2 Å². The second kappa shape index (κ2) is 42.9. The molecule has 0 fully saturated rings. The smallest absolute Gasteiger partial charge is 0 e. The van der Waals surface area contributed by atoms with Crippen LogP contribution in [0.4, 0.5) is 0 Å². The van der Waals surface area contributed by atoms with Gasteiger partial charge in [-0.25, -0.2) is 0 Å². The zero-order valence-electron chi connectivity index (χ0n) is 8.25. The van der Waals surface area contributed by atoms with E-state index in [2.05, 4.69) is 41.5 Å². The van der Waals surface area contributed by atoms with Crippen molar-refractivity contribution in [3.63, 3.8) is 0 Å². The second-order valence-electron chi connectivity index (χ2n) is 1.09. The maximum absolute atomic E-state index is 4.50. The Morgan fingerprint density at radius 2 is 1.00 bits per heavy atom. The summed E-state index contributed by atoms with van der Waals surface area (Å²) in [5.41, 5.74) is 13.5. The number of nitrogens with two attached hydrogens (primary N) is 3. The van der Waals surface area contributed by atoms with Crippen LogP contribution >= 0.6 is 0 Å². The maximum atomic E-state index is 4.50. The summed E-state index contributed by atoms with van der Waals surface area (Å²) in [7, 11) is 4.50. The van der Waals surface area contributed by atoms with Crippen molar-refractivity contribution >= 4 is 0 Å². The number of hydrogen-bond donors (Lipinski definition) is 3. The minimum Gasteiger partial charge on any atom is -0.333 e. The Morgan fingerprint density at radius 3 is 1.08 bits per heavy atom. The number of hydrogen-bond acceptors (Lipinski definition) is 3. The molecule has 0 spiro atoms. The van der Waals surface area contributed by atoms with E-state index in [1.165, 1.54) is 21.1 Å². The Hall–Kier alpha value is 0.243. The summed E-state index contributed by atoms with van der Waals surface area (Å²) < 4.78 is 0. The van der Waals surface area contributed by atoms with Gasteiger partial charge >= 0.3 is 0 Å². The quantitative estimate of drug-likeness (QED) is 0.576. The van der Waals surface area contributed by atoms with Gasteiger partial charge in [-0.3, -0.25) is 0 Å². The van der Waals surface area contributed by atoms with Crippen molar-refractivity contribution in [2.75, 3.05) is 21.1 Å². The molecule has 72 valence electrons. The van der Waals surface area contributed by atoms with Gasteiger partial charge in [0.15, 0.2) is 0 Å². The molecule has 3 nitrogen and oxygen atoms in total. The molecule has 0 heterocycles. The first kappa shape index (κ1) is 22.8. The molecule has 12 heavy (non-hydrogen) atoms. The van der Waals surface area contributed by atoms with Gasteiger partial charge in [0.1, 0.15) is 0 Å². The molecule has 0 unspecified atom stereocenters. The van der Waals surface area contributed by atoms with Crippen LogP contribution in [0.1, 0.15) is 6.42 Å². The molecule has 1 aliphatic carbocycles. The predicted molar refractivity (Wildman–Crippen MR) is 53.2 cm³/mol. The molecular formula is C8H21N3Zr. The van der Waals surface area contributed by atoms with E-state index in [-0.39, 0.29) is 26.2 Å². The van der Waals surface area contributed by atoms with Crippen LogP contribution in [0.25, 0.3) is 0 Å².